The zero-order valence-electron chi connectivity index (χ0n) is 12.5. The van der Waals surface area contributed by atoms with Gasteiger partial charge in [0.15, 0.2) is 6.61 Å². The number of sulfonamides is 1. The van der Waals surface area contributed by atoms with Gasteiger partial charge in [0, 0.05) is 24.2 Å². The van der Waals surface area contributed by atoms with Crippen molar-refractivity contribution in [3.05, 3.63) is 29.8 Å². The molecule has 0 spiro atoms. The molecule has 1 aromatic rings. The minimum atomic E-state index is -3.25. The van der Waals surface area contributed by atoms with E-state index >= 15 is 0 Å². The van der Waals surface area contributed by atoms with Crippen LogP contribution in [0.3, 0.4) is 0 Å². The predicted molar refractivity (Wildman–Crippen MR) is 81.3 cm³/mol. The monoisotopic (exact) mass is 311 g/mol. The van der Waals surface area contributed by atoms with Crippen molar-refractivity contribution in [2.24, 2.45) is 0 Å². The molecule has 1 aromatic carbocycles. The zero-order chi connectivity index (χ0) is 15.9. The topological polar surface area (TPSA) is 91.2 Å². The van der Waals surface area contributed by atoms with E-state index in [1.807, 2.05) is 24.3 Å². The Morgan fingerprint density at radius 1 is 1.33 bits per heavy atom. The maximum Gasteiger partial charge on any atom is 0.209 e. The molecule has 2 N–H and O–H groups in total. The van der Waals surface area contributed by atoms with E-state index in [4.69, 9.17) is 10.00 Å². The highest BCUT2D eigenvalue weighted by Crippen LogP contribution is 2.17. The Labute approximate surface area is 126 Å². The molecule has 0 aliphatic rings. The Morgan fingerprint density at radius 2 is 2.00 bits per heavy atom. The van der Waals surface area contributed by atoms with Crippen LogP contribution < -0.4 is 14.8 Å². The lowest BCUT2D eigenvalue weighted by atomic mass is 10.1. The van der Waals surface area contributed by atoms with E-state index in [-0.39, 0.29) is 6.61 Å². The number of para-hydroxylation sites is 1. The number of hydrogen-bond donors (Lipinski definition) is 2. The van der Waals surface area contributed by atoms with Gasteiger partial charge < -0.3 is 10.1 Å². The SMILES string of the molecule is CC(C)(CNCc1ccccc1OCC#N)NS(C)(=O)=O. The molecule has 0 amide bonds. The summed E-state index contributed by atoms with van der Waals surface area (Å²) in [5, 5.41) is 11.7. The molecule has 0 radical (unpaired) electrons. The zero-order valence-corrected chi connectivity index (χ0v) is 13.3. The summed E-state index contributed by atoms with van der Waals surface area (Å²) in [6.07, 6.45) is 1.14. The third-order valence-corrected chi connectivity index (χ3v) is 3.53. The number of hydrogen-bond acceptors (Lipinski definition) is 5. The largest absolute Gasteiger partial charge is 0.478 e. The van der Waals surface area contributed by atoms with Gasteiger partial charge in [0.2, 0.25) is 10.0 Å². The highest BCUT2D eigenvalue weighted by Gasteiger charge is 2.21. The molecule has 0 unspecified atom stereocenters. The summed E-state index contributed by atoms with van der Waals surface area (Å²) >= 11 is 0. The van der Waals surface area contributed by atoms with Crippen LogP contribution in [-0.2, 0) is 16.6 Å². The fourth-order valence-corrected chi connectivity index (χ4v) is 3.02. The Hall–Kier alpha value is -1.62. The highest BCUT2D eigenvalue weighted by atomic mass is 32.2. The lowest BCUT2D eigenvalue weighted by molar-refractivity contribution is 0.360. The van der Waals surface area contributed by atoms with E-state index in [0.29, 0.717) is 18.8 Å². The van der Waals surface area contributed by atoms with Crippen LogP contribution in [0.4, 0.5) is 0 Å². The molecule has 21 heavy (non-hydrogen) atoms. The highest BCUT2D eigenvalue weighted by molar-refractivity contribution is 7.88. The summed E-state index contributed by atoms with van der Waals surface area (Å²) in [6.45, 7) is 4.60. The van der Waals surface area contributed by atoms with Crippen molar-refractivity contribution in [1.82, 2.24) is 10.0 Å². The molecule has 0 fully saturated rings. The van der Waals surface area contributed by atoms with Gasteiger partial charge in [-0.15, -0.1) is 0 Å². The van der Waals surface area contributed by atoms with Crippen LogP contribution in [0.5, 0.6) is 5.75 Å². The average molecular weight is 311 g/mol. The molecule has 0 saturated heterocycles. The van der Waals surface area contributed by atoms with Crippen LogP contribution >= 0.6 is 0 Å². The van der Waals surface area contributed by atoms with Crippen molar-refractivity contribution in [1.29, 1.82) is 5.26 Å². The molecule has 1 rings (SSSR count). The molecule has 0 saturated carbocycles. The van der Waals surface area contributed by atoms with Crippen LogP contribution in [0.15, 0.2) is 24.3 Å². The molecule has 0 aliphatic carbocycles. The summed E-state index contributed by atoms with van der Waals surface area (Å²) in [5.41, 5.74) is 0.332. The second-order valence-electron chi connectivity index (χ2n) is 5.42. The van der Waals surface area contributed by atoms with Crippen LogP contribution in [0, 0.1) is 11.3 Å². The first-order valence-corrected chi connectivity index (χ1v) is 8.40. The van der Waals surface area contributed by atoms with E-state index in [2.05, 4.69) is 10.0 Å². The molecule has 116 valence electrons. The first-order chi connectivity index (χ1) is 9.73. The minimum Gasteiger partial charge on any atom is -0.478 e. The number of rotatable bonds is 8. The Kier molecular flexibility index (Phi) is 6.15. The second-order valence-corrected chi connectivity index (χ2v) is 7.16. The van der Waals surface area contributed by atoms with E-state index in [9.17, 15) is 8.42 Å². The normalized spacial score (nSPS) is 11.9. The van der Waals surface area contributed by atoms with E-state index in [0.717, 1.165) is 11.8 Å². The number of nitrogens with one attached hydrogen (secondary N) is 2. The maximum atomic E-state index is 11.3. The van der Waals surface area contributed by atoms with Gasteiger partial charge in [0.05, 0.1) is 6.26 Å². The lowest BCUT2D eigenvalue weighted by Crippen LogP contribution is -2.49. The van der Waals surface area contributed by atoms with Gasteiger partial charge >= 0.3 is 0 Å². The molecular formula is C14H21N3O3S. The second kappa shape index (κ2) is 7.41. The smallest absolute Gasteiger partial charge is 0.209 e. The van der Waals surface area contributed by atoms with Crippen molar-refractivity contribution >= 4 is 10.0 Å². The summed E-state index contributed by atoms with van der Waals surface area (Å²) in [4.78, 5) is 0. The van der Waals surface area contributed by atoms with Gasteiger partial charge in [0.25, 0.3) is 0 Å². The Balaban J connectivity index is 2.58. The molecule has 0 bridgehead atoms. The molecule has 0 atom stereocenters. The summed E-state index contributed by atoms with van der Waals surface area (Å²) in [6, 6.07) is 9.35. The van der Waals surface area contributed by atoms with Gasteiger partial charge in [-0.25, -0.2) is 13.1 Å². The van der Waals surface area contributed by atoms with Gasteiger partial charge in [-0.1, -0.05) is 18.2 Å². The van der Waals surface area contributed by atoms with Crippen molar-refractivity contribution in [2.75, 3.05) is 19.4 Å². The maximum absolute atomic E-state index is 11.3. The van der Waals surface area contributed by atoms with E-state index in [1.165, 1.54) is 0 Å². The first kappa shape index (κ1) is 17.4. The van der Waals surface area contributed by atoms with Crippen molar-refractivity contribution in [2.45, 2.75) is 25.9 Å². The van der Waals surface area contributed by atoms with Crippen LogP contribution in [-0.4, -0.2) is 33.4 Å². The lowest BCUT2D eigenvalue weighted by Gasteiger charge is -2.25. The van der Waals surface area contributed by atoms with E-state index in [1.54, 1.807) is 19.9 Å². The fourth-order valence-electron chi connectivity index (χ4n) is 1.95. The molecular weight excluding hydrogens is 290 g/mol. The van der Waals surface area contributed by atoms with Crippen LogP contribution in [0.25, 0.3) is 0 Å². The number of nitrogens with zero attached hydrogens (tertiary/aromatic N) is 1. The van der Waals surface area contributed by atoms with Gasteiger partial charge in [-0.3, -0.25) is 0 Å². The Bertz CT molecular complexity index is 606. The molecule has 0 aliphatic heterocycles. The van der Waals surface area contributed by atoms with Gasteiger partial charge in [-0.2, -0.15) is 5.26 Å². The number of benzene rings is 1. The van der Waals surface area contributed by atoms with Crippen LogP contribution in [0.2, 0.25) is 0 Å². The fraction of sp³-hybridized carbons (Fsp3) is 0.500. The standard InChI is InChI=1S/C14H21N3O3S/c1-14(2,17-21(3,18)19)11-16-10-12-6-4-5-7-13(12)20-9-8-15/h4-7,16-17H,9-11H2,1-3H3. The molecule has 0 heterocycles. The Morgan fingerprint density at radius 3 is 2.62 bits per heavy atom. The average Bonchev–Trinajstić information content (AvgIpc) is 2.34. The van der Waals surface area contributed by atoms with Crippen molar-refractivity contribution in [3.8, 4) is 11.8 Å². The van der Waals surface area contributed by atoms with Gasteiger partial charge in [0.1, 0.15) is 11.8 Å². The summed E-state index contributed by atoms with van der Waals surface area (Å²) in [5.74, 6) is 0.653. The third-order valence-electron chi connectivity index (χ3n) is 2.61. The predicted octanol–water partition coefficient (Wildman–Crippen LogP) is 1.01. The number of nitriles is 1. The minimum absolute atomic E-state index is 0.00184. The molecule has 7 heteroatoms. The summed E-state index contributed by atoms with van der Waals surface area (Å²) in [7, 11) is -3.25. The molecule has 6 nitrogen and oxygen atoms in total. The third kappa shape index (κ3) is 7.09. The summed E-state index contributed by atoms with van der Waals surface area (Å²) < 4.78 is 30.4. The van der Waals surface area contributed by atoms with E-state index < -0.39 is 15.6 Å². The first-order valence-electron chi connectivity index (χ1n) is 6.51. The van der Waals surface area contributed by atoms with Crippen molar-refractivity contribution in [3.63, 3.8) is 0 Å². The molecule has 0 aromatic heterocycles. The van der Waals surface area contributed by atoms with Crippen molar-refractivity contribution < 1.29 is 13.2 Å². The van der Waals surface area contributed by atoms with Gasteiger partial charge in [-0.05, 0) is 19.9 Å². The quantitative estimate of drug-likeness (QED) is 0.747. The number of ether oxygens (including phenoxy) is 1. The van der Waals surface area contributed by atoms with Crippen LogP contribution in [0.1, 0.15) is 19.4 Å².